The summed E-state index contributed by atoms with van der Waals surface area (Å²) in [4.78, 5) is 2.33. The molecule has 0 saturated carbocycles. The molecule has 300 valence electrons. The molecule has 0 aliphatic rings. The second kappa shape index (κ2) is 14.5. The molecule has 0 N–H and O–H groups in total. The van der Waals surface area contributed by atoms with E-state index < -0.39 is 0 Å². The van der Waals surface area contributed by atoms with Gasteiger partial charge in [0.1, 0.15) is 22.3 Å². The minimum absolute atomic E-state index is 0.895. The Kier molecular flexibility index (Phi) is 8.18. The van der Waals surface area contributed by atoms with Crippen LogP contribution in [-0.2, 0) is 0 Å². The maximum Gasteiger partial charge on any atom is 0.143 e. The molecule has 0 atom stereocenters. The van der Waals surface area contributed by atoms with Crippen molar-refractivity contribution in [2.75, 3.05) is 4.90 Å². The molecule has 10 aromatic carbocycles. The first-order valence-corrected chi connectivity index (χ1v) is 21.7. The van der Waals surface area contributed by atoms with E-state index in [0.29, 0.717) is 0 Å². The molecule has 0 spiro atoms. The lowest BCUT2D eigenvalue weighted by atomic mass is 10.0. The monoisotopic (exact) mass is 818 g/mol. The van der Waals surface area contributed by atoms with Crippen molar-refractivity contribution < 1.29 is 8.83 Å². The number of benzene rings is 10. The molecular formula is C60H38N2O2. The molecule has 0 aliphatic heterocycles. The highest BCUT2D eigenvalue weighted by atomic mass is 16.3. The van der Waals surface area contributed by atoms with Gasteiger partial charge < -0.3 is 18.3 Å². The van der Waals surface area contributed by atoms with E-state index in [1.54, 1.807) is 0 Å². The van der Waals surface area contributed by atoms with E-state index in [1.807, 2.05) is 18.2 Å². The van der Waals surface area contributed by atoms with Gasteiger partial charge in [-0.05, 0) is 107 Å². The van der Waals surface area contributed by atoms with Gasteiger partial charge in [-0.25, -0.2) is 0 Å². The molecule has 64 heavy (non-hydrogen) atoms. The second-order valence-corrected chi connectivity index (χ2v) is 16.5. The van der Waals surface area contributed by atoms with E-state index in [4.69, 9.17) is 8.83 Å². The highest BCUT2D eigenvalue weighted by Crippen LogP contribution is 2.43. The Labute approximate surface area is 369 Å². The van der Waals surface area contributed by atoms with Crippen LogP contribution in [0.25, 0.3) is 105 Å². The Morgan fingerprint density at radius 1 is 0.312 bits per heavy atom. The van der Waals surface area contributed by atoms with Crippen molar-refractivity contribution in [3.05, 3.63) is 231 Å². The van der Waals surface area contributed by atoms with Gasteiger partial charge in [-0.3, -0.25) is 0 Å². The summed E-state index contributed by atoms with van der Waals surface area (Å²) in [6.07, 6.45) is 0. The van der Waals surface area contributed by atoms with E-state index in [2.05, 4.69) is 222 Å². The fraction of sp³-hybridized carbons (Fsp3) is 0. The van der Waals surface area contributed by atoms with E-state index >= 15 is 0 Å². The molecule has 13 aromatic rings. The van der Waals surface area contributed by atoms with Crippen molar-refractivity contribution in [1.82, 2.24) is 4.57 Å². The first kappa shape index (κ1) is 36.1. The lowest BCUT2D eigenvalue weighted by Gasteiger charge is -2.26. The number of hydrogen-bond acceptors (Lipinski definition) is 3. The van der Waals surface area contributed by atoms with Gasteiger partial charge in [-0.2, -0.15) is 0 Å². The minimum atomic E-state index is 0.895. The van der Waals surface area contributed by atoms with Gasteiger partial charge in [0.25, 0.3) is 0 Å². The summed E-state index contributed by atoms with van der Waals surface area (Å²) in [6, 6.07) is 82.1. The van der Waals surface area contributed by atoms with E-state index in [1.165, 1.54) is 27.4 Å². The summed E-state index contributed by atoms with van der Waals surface area (Å²) in [6.45, 7) is 0. The van der Waals surface area contributed by atoms with Crippen molar-refractivity contribution in [3.63, 3.8) is 0 Å². The molecule has 4 heteroatoms. The van der Waals surface area contributed by atoms with Crippen LogP contribution < -0.4 is 4.90 Å². The van der Waals surface area contributed by atoms with Gasteiger partial charge >= 0.3 is 0 Å². The van der Waals surface area contributed by atoms with Crippen molar-refractivity contribution >= 4 is 82.7 Å². The topological polar surface area (TPSA) is 34.5 Å². The smallest absolute Gasteiger partial charge is 0.143 e. The molecule has 0 bridgehead atoms. The number of anilines is 3. The molecular weight excluding hydrogens is 781 g/mol. The van der Waals surface area contributed by atoms with Crippen LogP contribution in [0.4, 0.5) is 17.1 Å². The van der Waals surface area contributed by atoms with E-state index in [0.717, 1.165) is 94.4 Å². The van der Waals surface area contributed by atoms with Crippen LogP contribution in [0.3, 0.4) is 0 Å². The third kappa shape index (κ3) is 5.77. The van der Waals surface area contributed by atoms with Crippen LogP contribution >= 0.6 is 0 Å². The van der Waals surface area contributed by atoms with Gasteiger partial charge in [0, 0.05) is 55.2 Å². The van der Waals surface area contributed by atoms with Crippen LogP contribution in [0.5, 0.6) is 0 Å². The Morgan fingerprint density at radius 2 is 0.828 bits per heavy atom. The van der Waals surface area contributed by atoms with Crippen LogP contribution in [0.15, 0.2) is 239 Å². The maximum absolute atomic E-state index is 6.42. The fourth-order valence-corrected chi connectivity index (χ4v) is 9.78. The summed E-state index contributed by atoms with van der Waals surface area (Å²) in [5.41, 5.74) is 17.1. The molecule has 3 aromatic heterocycles. The Balaban J connectivity index is 0.871. The predicted molar refractivity (Wildman–Crippen MR) is 266 cm³/mol. The SMILES string of the molecule is c1ccc(-c2ccc(N(c3ccc(-c4ccc(-n5c6ccccc6c6ccc7oc8ccccc8c7c65)cc4)cc3)c3ccc(-c4cccc5c4oc4ccccc45)cc3)cc2)cc1. The third-order valence-corrected chi connectivity index (χ3v) is 12.8. The van der Waals surface area contributed by atoms with Crippen LogP contribution in [0.2, 0.25) is 0 Å². The maximum atomic E-state index is 6.42. The molecule has 0 saturated heterocycles. The van der Waals surface area contributed by atoms with E-state index in [-0.39, 0.29) is 0 Å². The van der Waals surface area contributed by atoms with Gasteiger partial charge in [-0.1, -0.05) is 152 Å². The van der Waals surface area contributed by atoms with Crippen LogP contribution in [-0.4, -0.2) is 4.57 Å². The van der Waals surface area contributed by atoms with Gasteiger partial charge in [0.2, 0.25) is 0 Å². The zero-order valence-electron chi connectivity index (χ0n) is 34.7. The zero-order valence-corrected chi connectivity index (χ0v) is 34.7. The molecule has 0 fully saturated rings. The largest absolute Gasteiger partial charge is 0.456 e. The van der Waals surface area contributed by atoms with Crippen molar-refractivity contribution in [1.29, 1.82) is 0 Å². The molecule has 3 heterocycles. The Bertz CT molecular complexity index is 3860. The zero-order chi connectivity index (χ0) is 42.1. The number of furan rings is 2. The first-order chi connectivity index (χ1) is 31.7. The average Bonchev–Trinajstić information content (AvgIpc) is 4.05. The lowest BCUT2D eigenvalue weighted by molar-refractivity contribution is 0.669. The summed E-state index contributed by atoms with van der Waals surface area (Å²) in [5, 5.41) is 6.97. The summed E-state index contributed by atoms with van der Waals surface area (Å²) >= 11 is 0. The number of para-hydroxylation sites is 4. The number of fused-ring (bicyclic) bond motifs is 10. The number of aromatic nitrogens is 1. The molecule has 0 amide bonds. The third-order valence-electron chi connectivity index (χ3n) is 12.8. The normalized spacial score (nSPS) is 11.8. The highest BCUT2D eigenvalue weighted by molar-refractivity contribution is 6.24. The van der Waals surface area contributed by atoms with Gasteiger partial charge in [-0.15, -0.1) is 0 Å². The van der Waals surface area contributed by atoms with E-state index in [9.17, 15) is 0 Å². The molecule has 4 nitrogen and oxygen atoms in total. The standard InChI is InChI=1S/C60H38N2O2/c1-2-11-39(12-3-1)40-21-29-44(30-22-40)61(46-35-27-43(28-36-46)48-16-10-17-52-50-14-5-8-19-55(50)64-60(48)52)45-31-23-41(24-32-45)42-25-33-47(34-26-42)62-54-18-7-4-13-49(54)51-37-38-57-58(59(51)62)53-15-6-9-20-56(53)63-57/h1-38H. The Morgan fingerprint density at radius 3 is 1.50 bits per heavy atom. The summed E-state index contributed by atoms with van der Waals surface area (Å²) in [7, 11) is 0. The number of nitrogens with zero attached hydrogens (tertiary/aromatic N) is 2. The first-order valence-electron chi connectivity index (χ1n) is 21.7. The summed E-state index contributed by atoms with van der Waals surface area (Å²) < 4.78 is 15.2. The molecule has 0 unspecified atom stereocenters. The van der Waals surface area contributed by atoms with Crippen molar-refractivity contribution in [2.24, 2.45) is 0 Å². The van der Waals surface area contributed by atoms with Gasteiger partial charge in [0.05, 0.1) is 16.4 Å². The fourth-order valence-electron chi connectivity index (χ4n) is 9.78. The molecule has 13 rings (SSSR count). The van der Waals surface area contributed by atoms with Crippen molar-refractivity contribution in [3.8, 4) is 39.1 Å². The highest BCUT2D eigenvalue weighted by Gasteiger charge is 2.20. The molecule has 0 radical (unpaired) electrons. The van der Waals surface area contributed by atoms with Crippen LogP contribution in [0, 0.1) is 0 Å². The lowest BCUT2D eigenvalue weighted by Crippen LogP contribution is -2.09. The van der Waals surface area contributed by atoms with Crippen molar-refractivity contribution in [2.45, 2.75) is 0 Å². The predicted octanol–water partition coefficient (Wildman–Crippen LogP) is 17.1. The average molecular weight is 819 g/mol. The Hall–Kier alpha value is -8.60. The van der Waals surface area contributed by atoms with Crippen LogP contribution in [0.1, 0.15) is 0 Å². The van der Waals surface area contributed by atoms with Gasteiger partial charge in [0.15, 0.2) is 0 Å². The minimum Gasteiger partial charge on any atom is -0.456 e. The quantitative estimate of drug-likeness (QED) is 0.161. The molecule has 0 aliphatic carbocycles. The summed E-state index contributed by atoms with van der Waals surface area (Å²) in [5.74, 6) is 0. The number of rotatable bonds is 7. The second-order valence-electron chi connectivity index (χ2n) is 16.5. The number of hydrogen-bond donors (Lipinski definition) is 0.